The van der Waals surface area contributed by atoms with Gasteiger partial charge < -0.3 is 14.5 Å². The molecule has 1 amide bonds. The number of hydrogen-bond acceptors (Lipinski definition) is 6. The summed E-state index contributed by atoms with van der Waals surface area (Å²) in [7, 11) is -3.25. The maximum Gasteiger partial charge on any atom is 0.287 e. The van der Waals surface area contributed by atoms with Crippen LogP contribution < -0.4 is 10.1 Å². The zero-order chi connectivity index (χ0) is 21.9. The van der Waals surface area contributed by atoms with Crippen molar-refractivity contribution in [1.82, 2.24) is 15.1 Å². The Labute approximate surface area is 175 Å². The summed E-state index contributed by atoms with van der Waals surface area (Å²) in [6, 6.07) is 11.2. The normalized spacial score (nSPS) is 12.5. The van der Waals surface area contributed by atoms with Crippen LogP contribution in [-0.2, 0) is 23.0 Å². The fraction of sp³-hybridized carbons (Fsp3) is 0.333. The van der Waals surface area contributed by atoms with Crippen LogP contribution in [0.15, 0.2) is 51.8 Å². The topological polar surface area (TPSA) is 103 Å². The number of nitrogens with zero attached hydrogens (tertiary/aromatic N) is 2. The van der Waals surface area contributed by atoms with Gasteiger partial charge in [0.15, 0.2) is 15.6 Å². The van der Waals surface area contributed by atoms with Gasteiger partial charge in [0, 0.05) is 18.0 Å². The molecule has 0 radical (unpaired) electrons. The van der Waals surface area contributed by atoms with E-state index in [1.807, 2.05) is 31.5 Å². The molecule has 1 atom stereocenters. The summed E-state index contributed by atoms with van der Waals surface area (Å²) in [5, 5.41) is 7.30. The third kappa shape index (κ3) is 5.50. The third-order valence-corrected chi connectivity index (χ3v) is 5.57. The fourth-order valence-corrected chi connectivity index (χ4v) is 3.61. The summed E-state index contributed by atoms with van der Waals surface area (Å²) in [5.41, 5.74) is 1.98. The van der Waals surface area contributed by atoms with Gasteiger partial charge in [-0.2, -0.15) is 5.10 Å². The lowest BCUT2D eigenvalue weighted by Crippen LogP contribution is -2.36. The van der Waals surface area contributed by atoms with Gasteiger partial charge in [0.25, 0.3) is 5.91 Å². The van der Waals surface area contributed by atoms with Crippen LogP contribution in [0.1, 0.15) is 34.6 Å². The summed E-state index contributed by atoms with van der Waals surface area (Å²) < 4.78 is 36.0. The Balaban J connectivity index is 1.53. The Bertz CT molecular complexity index is 1130. The van der Waals surface area contributed by atoms with E-state index in [4.69, 9.17) is 9.15 Å². The van der Waals surface area contributed by atoms with Crippen molar-refractivity contribution in [3.05, 3.63) is 65.4 Å². The zero-order valence-corrected chi connectivity index (χ0v) is 18.2. The standard InChI is InChI=1S/C21H25N3O5S/c1-14-11-16(3)24(23-14)12-15(2)22-21(25)20-10-7-18(29-20)13-28-17-5-8-19(9-6-17)30(4,26)27/h5-11,15H,12-13H2,1-4H3,(H,22,25)/t15-/m0/s1. The summed E-state index contributed by atoms with van der Waals surface area (Å²) in [6.07, 6.45) is 1.15. The van der Waals surface area contributed by atoms with Crippen LogP contribution in [0.25, 0.3) is 0 Å². The number of rotatable bonds is 8. The molecule has 30 heavy (non-hydrogen) atoms. The van der Waals surface area contributed by atoms with Crippen molar-refractivity contribution in [2.45, 2.75) is 44.9 Å². The molecule has 3 rings (SSSR count). The third-order valence-electron chi connectivity index (χ3n) is 4.45. The van der Waals surface area contributed by atoms with E-state index in [1.54, 1.807) is 24.3 Å². The van der Waals surface area contributed by atoms with Gasteiger partial charge in [0.2, 0.25) is 0 Å². The van der Waals surface area contributed by atoms with Gasteiger partial charge in [-0.15, -0.1) is 0 Å². The molecule has 2 aromatic heterocycles. The first kappa shape index (κ1) is 21.6. The fourth-order valence-electron chi connectivity index (χ4n) is 2.97. The Kier molecular flexibility index (Phi) is 6.31. The molecule has 0 spiro atoms. The van der Waals surface area contributed by atoms with Crippen LogP contribution >= 0.6 is 0 Å². The van der Waals surface area contributed by atoms with Gasteiger partial charge in [-0.1, -0.05) is 0 Å². The Hall–Kier alpha value is -3.07. The quantitative estimate of drug-likeness (QED) is 0.588. The Morgan fingerprint density at radius 1 is 1.20 bits per heavy atom. The number of carbonyl (C=O) groups is 1. The highest BCUT2D eigenvalue weighted by molar-refractivity contribution is 7.90. The number of ether oxygens (including phenoxy) is 1. The molecule has 0 unspecified atom stereocenters. The molecule has 3 aromatic rings. The van der Waals surface area contributed by atoms with Crippen LogP contribution in [0.5, 0.6) is 5.75 Å². The highest BCUT2D eigenvalue weighted by Gasteiger charge is 2.16. The molecule has 0 aliphatic rings. The van der Waals surface area contributed by atoms with E-state index < -0.39 is 9.84 Å². The highest BCUT2D eigenvalue weighted by Crippen LogP contribution is 2.18. The number of furan rings is 1. The summed E-state index contributed by atoms with van der Waals surface area (Å²) in [6.45, 7) is 6.49. The van der Waals surface area contributed by atoms with Crippen LogP contribution in [0.4, 0.5) is 0 Å². The van der Waals surface area contributed by atoms with Crippen molar-refractivity contribution >= 4 is 15.7 Å². The second-order valence-electron chi connectivity index (χ2n) is 7.28. The average Bonchev–Trinajstić information content (AvgIpc) is 3.26. The SMILES string of the molecule is Cc1cc(C)n(C[C@H](C)NC(=O)c2ccc(COc3ccc(S(C)(=O)=O)cc3)o2)n1. The van der Waals surface area contributed by atoms with Crippen molar-refractivity contribution in [3.63, 3.8) is 0 Å². The molecular formula is C21H25N3O5S. The largest absolute Gasteiger partial charge is 0.486 e. The molecule has 1 aromatic carbocycles. The predicted octanol–water partition coefficient (Wildman–Crippen LogP) is 2.89. The number of amides is 1. The lowest BCUT2D eigenvalue weighted by atomic mass is 10.3. The van der Waals surface area contributed by atoms with E-state index in [0.717, 1.165) is 17.6 Å². The molecule has 0 saturated heterocycles. The molecule has 0 aliphatic heterocycles. The number of aromatic nitrogens is 2. The molecule has 0 fully saturated rings. The second kappa shape index (κ2) is 8.74. The lowest BCUT2D eigenvalue weighted by Gasteiger charge is -2.14. The van der Waals surface area contributed by atoms with Crippen molar-refractivity contribution < 1.29 is 22.4 Å². The smallest absolute Gasteiger partial charge is 0.287 e. The van der Waals surface area contributed by atoms with E-state index in [9.17, 15) is 13.2 Å². The lowest BCUT2D eigenvalue weighted by molar-refractivity contribution is 0.0903. The number of hydrogen-bond donors (Lipinski definition) is 1. The van der Waals surface area contributed by atoms with Gasteiger partial charge in [0.05, 0.1) is 17.1 Å². The number of aryl methyl sites for hydroxylation is 2. The van der Waals surface area contributed by atoms with Gasteiger partial charge in [-0.05, 0) is 63.2 Å². The highest BCUT2D eigenvalue weighted by atomic mass is 32.2. The van der Waals surface area contributed by atoms with E-state index in [2.05, 4.69) is 10.4 Å². The van der Waals surface area contributed by atoms with E-state index >= 15 is 0 Å². The molecule has 8 nitrogen and oxygen atoms in total. The predicted molar refractivity (Wildman–Crippen MR) is 111 cm³/mol. The number of sulfone groups is 1. The van der Waals surface area contributed by atoms with Gasteiger partial charge >= 0.3 is 0 Å². The summed E-state index contributed by atoms with van der Waals surface area (Å²) in [5.74, 6) is 0.871. The van der Waals surface area contributed by atoms with Crippen LogP contribution in [0.2, 0.25) is 0 Å². The van der Waals surface area contributed by atoms with E-state index in [1.165, 1.54) is 12.1 Å². The van der Waals surface area contributed by atoms with Crippen molar-refractivity contribution in [2.75, 3.05) is 6.26 Å². The number of benzene rings is 1. The maximum absolute atomic E-state index is 12.4. The number of nitrogens with one attached hydrogen (secondary N) is 1. The molecular weight excluding hydrogens is 406 g/mol. The molecule has 160 valence electrons. The molecule has 1 N–H and O–H groups in total. The minimum absolute atomic E-state index is 0.118. The first-order valence-corrected chi connectivity index (χ1v) is 11.3. The van der Waals surface area contributed by atoms with Crippen molar-refractivity contribution in [2.24, 2.45) is 0 Å². The second-order valence-corrected chi connectivity index (χ2v) is 9.30. The minimum atomic E-state index is -3.25. The van der Waals surface area contributed by atoms with Crippen LogP contribution in [-0.4, -0.2) is 36.4 Å². The van der Waals surface area contributed by atoms with E-state index in [0.29, 0.717) is 18.1 Å². The molecule has 2 heterocycles. The van der Waals surface area contributed by atoms with Gasteiger partial charge in [0.1, 0.15) is 18.1 Å². The Morgan fingerprint density at radius 3 is 2.50 bits per heavy atom. The molecule has 0 aliphatic carbocycles. The first-order valence-electron chi connectivity index (χ1n) is 9.45. The monoisotopic (exact) mass is 431 g/mol. The molecule has 9 heteroatoms. The minimum Gasteiger partial charge on any atom is -0.486 e. The van der Waals surface area contributed by atoms with Crippen molar-refractivity contribution in [3.8, 4) is 5.75 Å². The maximum atomic E-state index is 12.4. The van der Waals surface area contributed by atoms with Crippen LogP contribution in [0.3, 0.4) is 0 Å². The van der Waals surface area contributed by atoms with E-state index in [-0.39, 0.29) is 29.2 Å². The molecule has 0 saturated carbocycles. The Morgan fingerprint density at radius 2 is 1.90 bits per heavy atom. The summed E-state index contributed by atoms with van der Waals surface area (Å²) >= 11 is 0. The van der Waals surface area contributed by atoms with Gasteiger partial charge in [-0.25, -0.2) is 8.42 Å². The number of carbonyl (C=O) groups excluding carboxylic acids is 1. The first-order chi connectivity index (χ1) is 14.1. The van der Waals surface area contributed by atoms with Crippen molar-refractivity contribution in [1.29, 1.82) is 0 Å². The van der Waals surface area contributed by atoms with Gasteiger partial charge in [-0.3, -0.25) is 9.48 Å². The molecule has 0 bridgehead atoms. The zero-order valence-electron chi connectivity index (χ0n) is 17.4. The summed E-state index contributed by atoms with van der Waals surface area (Å²) in [4.78, 5) is 12.6. The average molecular weight is 432 g/mol. The van der Waals surface area contributed by atoms with Crippen LogP contribution in [0, 0.1) is 13.8 Å².